The molecule has 2 aromatic heterocycles. The highest BCUT2D eigenvalue weighted by atomic mass is 35.5. The average Bonchev–Trinajstić information content (AvgIpc) is 3.11. The number of hydrogen-bond donors (Lipinski definition) is 1. The third kappa shape index (κ3) is 1.55. The van der Waals surface area contributed by atoms with E-state index in [-0.39, 0.29) is 5.41 Å². The Hall–Kier alpha value is -1.20. The number of aliphatic hydroxyl groups is 1. The summed E-state index contributed by atoms with van der Waals surface area (Å²) in [5, 5.41) is 10.1. The van der Waals surface area contributed by atoms with Crippen LogP contribution in [-0.2, 0) is 0 Å². The van der Waals surface area contributed by atoms with Crippen molar-refractivity contribution in [3.8, 4) is 0 Å². The molecular formula is C13H15ClN4O. The Labute approximate surface area is 115 Å². The Balaban J connectivity index is 1.78. The van der Waals surface area contributed by atoms with Gasteiger partial charge in [-0.3, -0.25) is 0 Å². The van der Waals surface area contributed by atoms with Gasteiger partial charge in [-0.25, -0.2) is 15.0 Å². The zero-order chi connectivity index (χ0) is 13.0. The van der Waals surface area contributed by atoms with E-state index in [4.69, 9.17) is 11.6 Å². The van der Waals surface area contributed by atoms with E-state index in [1.54, 1.807) is 0 Å². The molecule has 4 rings (SSSR count). The van der Waals surface area contributed by atoms with Gasteiger partial charge in [0.05, 0.1) is 6.33 Å². The fourth-order valence-corrected chi connectivity index (χ4v) is 4.15. The molecule has 1 N–H and O–H groups in total. The molecular weight excluding hydrogens is 264 g/mol. The lowest BCUT2D eigenvalue weighted by atomic mass is 9.83. The lowest BCUT2D eigenvalue weighted by Gasteiger charge is -2.29. The van der Waals surface area contributed by atoms with Crippen LogP contribution in [0.25, 0.3) is 11.2 Å². The third-order valence-corrected chi connectivity index (χ3v) is 5.21. The molecule has 6 heteroatoms. The number of imidazole rings is 1. The van der Waals surface area contributed by atoms with E-state index in [2.05, 4.69) is 19.5 Å². The smallest absolute Gasteiger partial charge is 0.165 e. The number of halogens is 1. The Bertz CT molecular complexity index is 643. The van der Waals surface area contributed by atoms with E-state index >= 15 is 0 Å². The molecule has 0 unspecified atom stereocenters. The molecule has 0 radical (unpaired) electrons. The van der Waals surface area contributed by atoms with Gasteiger partial charge in [0, 0.05) is 12.6 Å². The third-order valence-electron chi connectivity index (χ3n) is 4.93. The van der Waals surface area contributed by atoms with Gasteiger partial charge in [0.2, 0.25) is 0 Å². The maximum Gasteiger partial charge on any atom is 0.165 e. The second-order valence-electron chi connectivity index (χ2n) is 5.92. The highest BCUT2D eigenvalue weighted by Gasteiger charge is 2.51. The minimum atomic E-state index is 0.128. The van der Waals surface area contributed by atoms with E-state index < -0.39 is 0 Å². The summed E-state index contributed by atoms with van der Waals surface area (Å²) in [7, 11) is 0. The number of aliphatic hydroxyl groups excluding tert-OH is 1. The topological polar surface area (TPSA) is 63.8 Å². The SMILES string of the molecule is OC[C@]12CC[C@H](C1)[C@H](n1cnc3c(Cl)ncnc31)C2. The molecule has 2 aliphatic rings. The van der Waals surface area contributed by atoms with Gasteiger partial charge in [0.25, 0.3) is 0 Å². The van der Waals surface area contributed by atoms with Crippen LogP contribution in [0.1, 0.15) is 31.7 Å². The summed E-state index contributed by atoms with van der Waals surface area (Å²) in [6, 6.07) is 0.386. The Morgan fingerprint density at radius 1 is 1.37 bits per heavy atom. The fourth-order valence-electron chi connectivity index (χ4n) is 3.98. The first kappa shape index (κ1) is 11.6. The summed E-state index contributed by atoms with van der Waals surface area (Å²) in [5.41, 5.74) is 1.61. The quantitative estimate of drug-likeness (QED) is 0.856. The summed E-state index contributed by atoms with van der Waals surface area (Å²) in [5.74, 6) is 0.623. The van der Waals surface area contributed by atoms with Gasteiger partial charge in [-0.2, -0.15) is 0 Å². The molecule has 0 saturated heterocycles. The molecule has 100 valence electrons. The van der Waals surface area contributed by atoms with Gasteiger partial charge in [-0.05, 0) is 37.0 Å². The predicted molar refractivity (Wildman–Crippen MR) is 70.8 cm³/mol. The summed E-state index contributed by atoms with van der Waals surface area (Å²) in [6.07, 6.45) is 7.77. The zero-order valence-corrected chi connectivity index (χ0v) is 11.2. The van der Waals surface area contributed by atoms with E-state index in [9.17, 15) is 5.11 Å². The van der Waals surface area contributed by atoms with Gasteiger partial charge >= 0.3 is 0 Å². The van der Waals surface area contributed by atoms with E-state index in [0.29, 0.717) is 29.2 Å². The molecule has 2 saturated carbocycles. The van der Waals surface area contributed by atoms with Crippen molar-refractivity contribution in [2.75, 3.05) is 6.61 Å². The number of fused-ring (bicyclic) bond motifs is 3. The van der Waals surface area contributed by atoms with Crippen molar-refractivity contribution in [1.29, 1.82) is 0 Å². The van der Waals surface area contributed by atoms with Crippen LogP contribution in [0.5, 0.6) is 0 Å². The van der Waals surface area contributed by atoms with Crippen molar-refractivity contribution in [2.24, 2.45) is 11.3 Å². The molecule has 0 spiro atoms. The van der Waals surface area contributed by atoms with E-state index in [0.717, 1.165) is 24.9 Å². The Kier molecular flexibility index (Phi) is 2.38. The molecule has 0 aliphatic heterocycles. The zero-order valence-electron chi connectivity index (χ0n) is 10.5. The number of nitrogens with zero attached hydrogens (tertiary/aromatic N) is 4. The Morgan fingerprint density at radius 2 is 2.26 bits per heavy atom. The standard InChI is InChI=1S/C13H15ClN4O/c14-11-10-12(16-6-15-11)18(7-17-10)9-4-13(5-19)2-1-8(9)3-13/h6-9,19H,1-5H2/t8-,9-,13-/m1/s1. The molecule has 2 aromatic rings. The van der Waals surface area contributed by atoms with Crippen LogP contribution >= 0.6 is 11.6 Å². The number of rotatable bonds is 2. The fraction of sp³-hybridized carbons (Fsp3) is 0.615. The minimum Gasteiger partial charge on any atom is -0.396 e. The largest absolute Gasteiger partial charge is 0.396 e. The molecule has 0 amide bonds. The first-order chi connectivity index (χ1) is 9.22. The van der Waals surface area contributed by atoms with Crippen LogP contribution < -0.4 is 0 Å². The van der Waals surface area contributed by atoms with Crippen molar-refractivity contribution in [3.05, 3.63) is 17.8 Å². The van der Waals surface area contributed by atoms with Crippen molar-refractivity contribution in [1.82, 2.24) is 19.5 Å². The maximum absolute atomic E-state index is 9.64. The molecule has 3 atom stereocenters. The first-order valence-electron chi connectivity index (χ1n) is 6.66. The number of aromatic nitrogens is 4. The van der Waals surface area contributed by atoms with Crippen molar-refractivity contribution < 1.29 is 5.11 Å². The normalized spacial score (nSPS) is 33.4. The second-order valence-corrected chi connectivity index (χ2v) is 6.28. The van der Waals surface area contributed by atoms with Gasteiger partial charge in [-0.1, -0.05) is 11.6 Å². The molecule has 2 heterocycles. The molecule has 0 aromatic carbocycles. The highest BCUT2D eigenvalue weighted by molar-refractivity contribution is 6.33. The van der Waals surface area contributed by atoms with Crippen LogP contribution in [0, 0.1) is 11.3 Å². The molecule has 5 nitrogen and oxygen atoms in total. The maximum atomic E-state index is 9.64. The lowest BCUT2D eigenvalue weighted by Crippen LogP contribution is -2.23. The number of hydrogen-bond acceptors (Lipinski definition) is 4. The van der Waals surface area contributed by atoms with Crippen molar-refractivity contribution in [3.63, 3.8) is 0 Å². The molecule has 19 heavy (non-hydrogen) atoms. The van der Waals surface area contributed by atoms with Crippen LogP contribution in [0.4, 0.5) is 0 Å². The summed E-state index contributed by atoms with van der Waals surface area (Å²) in [6.45, 7) is 0.294. The lowest BCUT2D eigenvalue weighted by molar-refractivity contribution is 0.123. The summed E-state index contributed by atoms with van der Waals surface area (Å²) >= 11 is 6.04. The van der Waals surface area contributed by atoms with Crippen molar-refractivity contribution >= 4 is 22.8 Å². The van der Waals surface area contributed by atoms with Crippen LogP contribution in [-0.4, -0.2) is 31.2 Å². The van der Waals surface area contributed by atoms with Gasteiger partial charge in [0.15, 0.2) is 10.8 Å². The highest BCUT2D eigenvalue weighted by Crippen LogP contribution is 2.58. The van der Waals surface area contributed by atoms with Gasteiger partial charge < -0.3 is 9.67 Å². The molecule has 2 aliphatic carbocycles. The van der Waals surface area contributed by atoms with Gasteiger partial charge in [-0.15, -0.1) is 0 Å². The Morgan fingerprint density at radius 3 is 3.05 bits per heavy atom. The van der Waals surface area contributed by atoms with Crippen LogP contribution in [0.2, 0.25) is 5.15 Å². The van der Waals surface area contributed by atoms with Gasteiger partial charge in [0.1, 0.15) is 11.8 Å². The predicted octanol–water partition coefficient (Wildman–Crippen LogP) is 2.20. The summed E-state index contributed by atoms with van der Waals surface area (Å²) in [4.78, 5) is 12.6. The molecule has 2 bridgehead atoms. The van der Waals surface area contributed by atoms with Crippen LogP contribution in [0.3, 0.4) is 0 Å². The minimum absolute atomic E-state index is 0.128. The average molecular weight is 279 g/mol. The van der Waals surface area contributed by atoms with Crippen LogP contribution in [0.15, 0.2) is 12.7 Å². The van der Waals surface area contributed by atoms with E-state index in [1.807, 2.05) is 6.33 Å². The first-order valence-corrected chi connectivity index (χ1v) is 7.04. The monoisotopic (exact) mass is 278 g/mol. The second kappa shape index (κ2) is 3.90. The van der Waals surface area contributed by atoms with E-state index in [1.165, 1.54) is 12.7 Å². The molecule has 2 fully saturated rings. The summed E-state index contributed by atoms with van der Waals surface area (Å²) < 4.78 is 2.13. The van der Waals surface area contributed by atoms with Crippen molar-refractivity contribution in [2.45, 2.75) is 31.7 Å².